The van der Waals surface area contributed by atoms with Gasteiger partial charge < -0.3 is 13.9 Å². The number of fused-ring (bicyclic) bond motifs is 1. The zero-order chi connectivity index (χ0) is 21.2. The first-order valence-electron chi connectivity index (χ1n) is 9.81. The van der Waals surface area contributed by atoms with E-state index in [0.717, 1.165) is 16.3 Å². The van der Waals surface area contributed by atoms with E-state index in [9.17, 15) is 4.79 Å². The van der Waals surface area contributed by atoms with E-state index < -0.39 is 19.9 Å². The summed E-state index contributed by atoms with van der Waals surface area (Å²) in [5, 5.41) is 2.16. The first-order valence-corrected chi connectivity index (χ1v) is 12.7. The molecular weight excluding hydrogens is 368 g/mol. The quantitative estimate of drug-likeness (QED) is 0.443. The lowest BCUT2D eigenvalue weighted by Crippen LogP contribution is -2.44. The van der Waals surface area contributed by atoms with Gasteiger partial charge in [-0.15, -0.1) is 0 Å². The Morgan fingerprint density at radius 3 is 2.25 bits per heavy atom. The van der Waals surface area contributed by atoms with Crippen molar-refractivity contribution in [2.75, 3.05) is 13.7 Å². The molecule has 0 radical (unpaired) electrons. The molecule has 2 aromatic carbocycles. The largest absolute Gasteiger partial charge is 0.458 e. The topological polar surface area (TPSA) is 44.8 Å². The summed E-state index contributed by atoms with van der Waals surface area (Å²) in [5.74, 6) is -0.405. The second kappa shape index (κ2) is 8.35. The van der Waals surface area contributed by atoms with Crippen LogP contribution in [0.15, 0.2) is 42.5 Å². The molecule has 0 aliphatic carbocycles. The van der Waals surface area contributed by atoms with E-state index in [1.54, 1.807) is 14.0 Å². The average Bonchev–Trinajstić information content (AvgIpc) is 2.64. The molecule has 0 saturated heterocycles. The molecule has 2 atom stereocenters. The minimum Gasteiger partial charge on any atom is -0.458 e. The summed E-state index contributed by atoms with van der Waals surface area (Å²) >= 11 is 0. The van der Waals surface area contributed by atoms with Crippen molar-refractivity contribution in [3.63, 3.8) is 0 Å². The molecule has 154 valence electrons. The monoisotopic (exact) mass is 402 g/mol. The Balaban J connectivity index is 2.18. The molecule has 0 saturated carbocycles. The summed E-state index contributed by atoms with van der Waals surface area (Å²) < 4.78 is 17.6. The van der Waals surface area contributed by atoms with Gasteiger partial charge >= 0.3 is 5.97 Å². The van der Waals surface area contributed by atoms with Crippen LogP contribution in [0, 0.1) is 0 Å². The highest BCUT2D eigenvalue weighted by Crippen LogP contribution is 2.37. The predicted octanol–water partition coefficient (Wildman–Crippen LogP) is 5.65. The average molecular weight is 403 g/mol. The Morgan fingerprint density at radius 2 is 1.64 bits per heavy atom. The maximum atomic E-state index is 13.1. The van der Waals surface area contributed by atoms with E-state index in [0.29, 0.717) is 6.61 Å². The van der Waals surface area contributed by atoms with Gasteiger partial charge in [0.2, 0.25) is 0 Å². The molecule has 0 spiro atoms. The zero-order valence-corrected chi connectivity index (χ0v) is 19.5. The molecule has 0 unspecified atom stereocenters. The third kappa shape index (κ3) is 4.65. The van der Waals surface area contributed by atoms with Crippen LogP contribution >= 0.6 is 0 Å². The van der Waals surface area contributed by atoms with Gasteiger partial charge in [-0.25, -0.2) is 4.79 Å². The van der Waals surface area contributed by atoms with Crippen molar-refractivity contribution >= 4 is 25.1 Å². The fraction of sp³-hybridized carbons (Fsp3) is 0.522. The standard InChI is InChI=1S/C23H34O4Si/c1-17(16-26-28(7,8)22(2,3)4)27-21(24)23(5,25-6)20-15-11-13-18-12-9-10-14-19(18)20/h9-15,17H,16H2,1-8H3/t17-,23-/m0/s1. The van der Waals surface area contributed by atoms with Gasteiger partial charge in [0.05, 0.1) is 6.61 Å². The van der Waals surface area contributed by atoms with Gasteiger partial charge in [0.15, 0.2) is 13.9 Å². The number of hydrogen-bond donors (Lipinski definition) is 0. The van der Waals surface area contributed by atoms with Crippen molar-refractivity contribution in [1.82, 2.24) is 0 Å². The van der Waals surface area contributed by atoms with E-state index in [1.165, 1.54) is 0 Å². The Bertz CT molecular complexity index is 819. The molecule has 0 bridgehead atoms. The Hall–Kier alpha value is -1.69. The number of ether oxygens (including phenoxy) is 2. The van der Waals surface area contributed by atoms with E-state index in [2.05, 4.69) is 33.9 Å². The van der Waals surface area contributed by atoms with Crippen molar-refractivity contribution in [1.29, 1.82) is 0 Å². The van der Waals surface area contributed by atoms with Crippen molar-refractivity contribution in [2.24, 2.45) is 0 Å². The smallest absolute Gasteiger partial charge is 0.343 e. The van der Waals surface area contributed by atoms with Crippen molar-refractivity contribution < 1.29 is 18.7 Å². The number of hydrogen-bond acceptors (Lipinski definition) is 4. The van der Waals surface area contributed by atoms with Crippen LogP contribution in [0.3, 0.4) is 0 Å². The van der Waals surface area contributed by atoms with Crippen LogP contribution in [0.1, 0.15) is 40.2 Å². The Morgan fingerprint density at radius 1 is 1.04 bits per heavy atom. The van der Waals surface area contributed by atoms with Crippen LogP contribution < -0.4 is 0 Å². The van der Waals surface area contributed by atoms with Gasteiger partial charge in [-0.3, -0.25) is 0 Å². The molecule has 0 heterocycles. The lowest BCUT2D eigenvalue weighted by molar-refractivity contribution is -0.174. The van der Waals surface area contributed by atoms with Gasteiger partial charge in [0.1, 0.15) is 6.10 Å². The second-order valence-electron chi connectivity index (χ2n) is 9.05. The van der Waals surface area contributed by atoms with E-state index in [4.69, 9.17) is 13.9 Å². The van der Waals surface area contributed by atoms with Crippen LogP contribution in [0.25, 0.3) is 10.8 Å². The summed E-state index contributed by atoms with van der Waals surface area (Å²) in [4.78, 5) is 13.1. The molecular formula is C23H34O4Si. The summed E-state index contributed by atoms with van der Waals surface area (Å²) in [6.45, 7) is 15.0. The number of rotatable bonds is 7. The molecule has 0 aromatic heterocycles. The summed E-state index contributed by atoms with van der Waals surface area (Å²) in [6.07, 6.45) is -0.355. The fourth-order valence-electron chi connectivity index (χ4n) is 2.82. The van der Waals surface area contributed by atoms with Gasteiger partial charge in [-0.1, -0.05) is 63.2 Å². The van der Waals surface area contributed by atoms with Crippen molar-refractivity contribution in [3.05, 3.63) is 48.0 Å². The predicted molar refractivity (Wildman–Crippen MR) is 117 cm³/mol. The SMILES string of the molecule is CO[C@](C)(C(=O)O[C@@H](C)CO[Si](C)(C)C(C)(C)C)c1cccc2ccccc12. The van der Waals surface area contributed by atoms with Crippen LogP contribution in [-0.4, -0.2) is 34.1 Å². The van der Waals surface area contributed by atoms with Gasteiger partial charge in [0, 0.05) is 12.7 Å². The third-order valence-corrected chi connectivity index (χ3v) is 10.4. The first-order chi connectivity index (χ1) is 12.9. The number of methoxy groups -OCH3 is 1. The first kappa shape index (κ1) is 22.6. The van der Waals surface area contributed by atoms with Crippen LogP contribution in [-0.2, 0) is 24.3 Å². The maximum Gasteiger partial charge on any atom is 0.343 e. The lowest BCUT2D eigenvalue weighted by atomic mass is 9.90. The molecule has 28 heavy (non-hydrogen) atoms. The minimum absolute atomic E-state index is 0.112. The molecule has 0 N–H and O–H groups in total. The van der Waals surface area contributed by atoms with Crippen LogP contribution in [0.2, 0.25) is 18.1 Å². The molecule has 0 fully saturated rings. The highest BCUT2D eigenvalue weighted by Gasteiger charge is 2.40. The lowest BCUT2D eigenvalue weighted by Gasteiger charge is -2.37. The molecule has 5 heteroatoms. The molecule has 2 rings (SSSR count). The van der Waals surface area contributed by atoms with Gasteiger partial charge in [0.25, 0.3) is 0 Å². The Labute approximate surface area is 170 Å². The zero-order valence-electron chi connectivity index (χ0n) is 18.5. The molecule has 0 aliphatic heterocycles. The fourth-order valence-corrected chi connectivity index (χ4v) is 3.90. The molecule has 0 aliphatic rings. The van der Waals surface area contributed by atoms with E-state index >= 15 is 0 Å². The number of esters is 1. The van der Waals surface area contributed by atoms with Crippen molar-refractivity contribution in [3.8, 4) is 0 Å². The highest BCUT2D eigenvalue weighted by atomic mass is 28.4. The molecule has 0 amide bonds. The summed E-state index contributed by atoms with van der Waals surface area (Å²) in [7, 11) is -0.354. The molecule has 4 nitrogen and oxygen atoms in total. The van der Waals surface area contributed by atoms with Crippen LogP contribution in [0.5, 0.6) is 0 Å². The third-order valence-electron chi connectivity index (χ3n) is 5.89. The summed E-state index contributed by atoms with van der Waals surface area (Å²) in [5.41, 5.74) is -0.387. The second-order valence-corrected chi connectivity index (χ2v) is 13.9. The Kier molecular flexibility index (Phi) is 6.74. The summed E-state index contributed by atoms with van der Waals surface area (Å²) in [6, 6.07) is 13.8. The number of carbonyl (C=O) groups is 1. The van der Waals surface area contributed by atoms with Gasteiger partial charge in [-0.05, 0) is 42.8 Å². The number of carbonyl (C=O) groups excluding carboxylic acids is 1. The van der Waals surface area contributed by atoms with Crippen molar-refractivity contribution in [2.45, 2.75) is 64.5 Å². The number of benzene rings is 2. The van der Waals surface area contributed by atoms with E-state index in [1.807, 2.05) is 49.4 Å². The minimum atomic E-state index is -1.90. The normalized spacial score (nSPS) is 15.9. The van der Waals surface area contributed by atoms with Crippen LogP contribution in [0.4, 0.5) is 0 Å². The maximum absolute atomic E-state index is 13.1. The highest BCUT2D eigenvalue weighted by molar-refractivity contribution is 6.74. The van der Waals surface area contributed by atoms with E-state index in [-0.39, 0.29) is 11.1 Å². The molecule has 2 aromatic rings. The van der Waals surface area contributed by atoms with Gasteiger partial charge in [-0.2, -0.15) is 0 Å².